The van der Waals surface area contributed by atoms with E-state index in [1.165, 1.54) is 30.2 Å². The first-order chi connectivity index (χ1) is 7.33. The molecule has 5 atom stereocenters. The molecule has 0 radical (unpaired) electrons. The second-order valence-electron chi connectivity index (χ2n) is 5.77. The van der Waals surface area contributed by atoms with E-state index in [9.17, 15) is 0 Å². The Bertz CT molecular complexity index is 312. The number of amidine groups is 1. The van der Waals surface area contributed by atoms with E-state index in [-0.39, 0.29) is 0 Å². The van der Waals surface area contributed by atoms with Gasteiger partial charge in [-0.15, -0.1) is 0 Å². The van der Waals surface area contributed by atoms with Crippen LogP contribution in [-0.4, -0.2) is 23.0 Å². The minimum Gasteiger partial charge on any atom is -0.362 e. The molecule has 0 aromatic carbocycles. The number of hydrogen-bond acceptors (Lipinski definition) is 2. The van der Waals surface area contributed by atoms with Gasteiger partial charge in [-0.25, -0.2) is 0 Å². The molecule has 0 aromatic rings. The lowest BCUT2D eigenvalue weighted by Gasteiger charge is -2.06. The molecule has 3 aliphatic carbocycles. The molecule has 0 aromatic heterocycles. The maximum atomic E-state index is 4.93. The van der Waals surface area contributed by atoms with Gasteiger partial charge in [-0.1, -0.05) is 11.8 Å². The standard InChI is InChI=1S/C12H18N2S/c1-6-5-15-12(13-6)14-11-9-7-2-3-8(4-7)10(9)11/h6-11H,2-5H2,1H3,(H,13,14). The summed E-state index contributed by atoms with van der Waals surface area (Å²) in [6.45, 7) is 2.24. The smallest absolute Gasteiger partial charge is 0.157 e. The minimum absolute atomic E-state index is 0.629. The number of fused-ring (bicyclic) bond motifs is 5. The third-order valence-corrected chi connectivity index (χ3v) is 5.96. The van der Waals surface area contributed by atoms with Gasteiger partial charge in [0, 0.05) is 11.8 Å². The van der Waals surface area contributed by atoms with E-state index < -0.39 is 0 Å². The predicted molar refractivity (Wildman–Crippen MR) is 64.1 cm³/mol. The molecule has 1 N–H and O–H groups in total. The second-order valence-corrected chi connectivity index (χ2v) is 6.78. The third kappa shape index (κ3) is 1.22. The summed E-state index contributed by atoms with van der Waals surface area (Å²) in [7, 11) is 0. The van der Waals surface area contributed by atoms with Gasteiger partial charge in [0.1, 0.15) is 0 Å². The molecule has 4 aliphatic rings. The first-order valence-electron chi connectivity index (χ1n) is 6.30. The molecular formula is C12H18N2S. The Kier molecular flexibility index (Phi) is 1.74. The van der Waals surface area contributed by atoms with Gasteiger partial charge in [0.25, 0.3) is 0 Å². The predicted octanol–water partition coefficient (Wildman–Crippen LogP) is 2.11. The Morgan fingerprint density at radius 1 is 1.27 bits per heavy atom. The van der Waals surface area contributed by atoms with Crippen molar-refractivity contribution in [1.82, 2.24) is 5.32 Å². The SMILES string of the molecule is CC1CSC(=NC2C3C4CCC(C4)C23)N1. The van der Waals surface area contributed by atoms with Crippen molar-refractivity contribution in [3.63, 3.8) is 0 Å². The topological polar surface area (TPSA) is 24.4 Å². The van der Waals surface area contributed by atoms with Crippen molar-refractivity contribution in [3.8, 4) is 0 Å². The fraction of sp³-hybridized carbons (Fsp3) is 0.917. The lowest BCUT2D eigenvalue weighted by atomic mass is 10.0. The fourth-order valence-electron chi connectivity index (χ4n) is 4.16. The van der Waals surface area contributed by atoms with Crippen molar-refractivity contribution >= 4 is 16.9 Å². The summed E-state index contributed by atoms with van der Waals surface area (Å²) in [5.74, 6) is 5.30. The largest absolute Gasteiger partial charge is 0.362 e. The van der Waals surface area contributed by atoms with E-state index >= 15 is 0 Å². The van der Waals surface area contributed by atoms with Crippen LogP contribution in [0.4, 0.5) is 0 Å². The van der Waals surface area contributed by atoms with E-state index in [2.05, 4.69) is 12.2 Å². The molecule has 5 unspecified atom stereocenters. The molecular weight excluding hydrogens is 204 g/mol. The van der Waals surface area contributed by atoms with Gasteiger partial charge in [-0.2, -0.15) is 0 Å². The van der Waals surface area contributed by atoms with Gasteiger partial charge in [0.05, 0.1) is 6.04 Å². The van der Waals surface area contributed by atoms with Gasteiger partial charge in [-0.3, -0.25) is 4.99 Å². The van der Waals surface area contributed by atoms with Crippen LogP contribution < -0.4 is 5.32 Å². The lowest BCUT2D eigenvalue weighted by molar-refractivity contribution is 0.456. The van der Waals surface area contributed by atoms with Crippen molar-refractivity contribution in [2.24, 2.45) is 28.7 Å². The van der Waals surface area contributed by atoms with E-state index in [0.717, 1.165) is 29.7 Å². The monoisotopic (exact) mass is 222 g/mol. The molecule has 2 nitrogen and oxygen atoms in total. The van der Waals surface area contributed by atoms with Crippen LogP contribution in [-0.2, 0) is 0 Å². The molecule has 1 saturated heterocycles. The van der Waals surface area contributed by atoms with Crippen LogP contribution in [0.25, 0.3) is 0 Å². The molecule has 82 valence electrons. The van der Waals surface area contributed by atoms with Crippen LogP contribution in [0.1, 0.15) is 26.2 Å². The van der Waals surface area contributed by atoms with Crippen LogP contribution >= 0.6 is 11.8 Å². The zero-order valence-corrected chi connectivity index (χ0v) is 9.96. The molecule has 1 heterocycles. The Hall–Kier alpha value is -0.180. The van der Waals surface area contributed by atoms with Gasteiger partial charge in [0.15, 0.2) is 5.17 Å². The first kappa shape index (κ1) is 8.91. The molecule has 2 bridgehead atoms. The molecule has 15 heavy (non-hydrogen) atoms. The van der Waals surface area contributed by atoms with E-state index in [0.29, 0.717) is 6.04 Å². The Morgan fingerprint density at radius 3 is 2.60 bits per heavy atom. The number of hydrogen-bond donors (Lipinski definition) is 1. The summed E-state index contributed by atoms with van der Waals surface area (Å²) < 4.78 is 0. The van der Waals surface area contributed by atoms with Crippen molar-refractivity contribution < 1.29 is 0 Å². The lowest BCUT2D eigenvalue weighted by Crippen LogP contribution is -2.23. The number of nitrogens with zero attached hydrogens (tertiary/aromatic N) is 1. The normalized spacial score (nSPS) is 58.3. The van der Waals surface area contributed by atoms with Crippen molar-refractivity contribution in [1.29, 1.82) is 0 Å². The highest BCUT2D eigenvalue weighted by Gasteiger charge is 2.65. The van der Waals surface area contributed by atoms with Gasteiger partial charge < -0.3 is 5.32 Å². The van der Waals surface area contributed by atoms with Crippen LogP contribution in [0.2, 0.25) is 0 Å². The summed E-state index contributed by atoms with van der Waals surface area (Å²) in [5.41, 5.74) is 0. The quantitative estimate of drug-likeness (QED) is 0.735. The average Bonchev–Trinajstić information content (AvgIpc) is 2.62. The van der Waals surface area contributed by atoms with Crippen LogP contribution in [0.15, 0.2) is 4.99 Å². The number of thioether (sulfide) groups is 1. The van der Waals surface area contributed by atoms with Gasteiger partial charge in [0.2, 0.25) is 0 Å². The fourth-order valence-corrected chi connectivity index (χ4v) is 5.13. The zero-order valence-electron chi connectivity index (χ0n) is 9.15. The number of aliphatic imine (C=N–C) groups is 1. The third-order valence-electron chi connectivity index (χ3n) is 4.80. The molecule has 3 heteroatoms. The van der Waals surface area contributed by atoms with Crippen molar-refractivity contribution in [2.75, 3.05) is 5.75 Å². The highest BCUT2D eigenvalue weighted by molar-refractivity contribution is 8.14. The van der Waals surface area contributed by atoms with Gasteiger partial charge in [-0.05, 0) is 49.9 Å². The van der Waals surface area contributed by atoms with Crippen molar-refractivity contribution in [3.05, 3.63) is 0 Å². The van der Waals surface area contributed by atoms with Crippen LogP contribution in [0.5, 0.6) is 0 Å². The molecule has 1 aliphatic heterocycles. The van der Waals surface area contributed by atoms with Crippen LogP contribution in [0, 0.1) is 23.7 Å². The second kappa shape index (κ2) is 2.93. The highest BCUT2D eigenvalue weighted by Crippen LogP contribution is 2.67. The number of nitrogens with one attached hydrogen (secondary N) is 1. The van der Waals surface area contributed by atoms with E-state index in [1.54, 1.807) is 0 Å². The molecule has 0 amide bonds. The summed E-state index contributed by atoms with van der Waals surface area (Å²) in [6, 6.07) is 1.35. The summed E-state index contributed by atoms with van der Waals surface area (Å²) in [5, 5.41) is 4.71. The van der Waals surface area contributed by atoms with Crippen molar-refractivity contribution in [2.45, 2.75) is 38.3 Å². The van der Waals surface area contributed by atoms with E-state index in [1.807, 2.05) is 11.8 Å². The first-order valence-corrected chi connectivity index (χ1v) is 7.28. The summed E-state index contributed by atoms with van der Waals surface area (Å²) >= 11 is 1.92. The maximum absolute atomic E-state index is 4.93. The molecule has 4 rings (SSSR count). The Labute approximate surface area is 95.3 Å². The zero-order chi connectivity index (χ0) is 9.99. The maximum Gasteiger partial charge on any atom is 0.157 e. The highest BCUT2D eigenvalue weighted by atomic mass is 32.2. The summed E-state index contributed by atoms with van der Waals surface area (Å²) in [6.07, 6.45) is 4.54. The Balaban J connectivity index is 1.49. The molecule has 0 spiro atoms. The summed E-state index contributed by atoms with van der Waals surface area (Å²) in [4.78, 5) is 4.93. The average molecular weight is 222 g/mol. The molecule has 4 fully saturated rings. The Morgan fingerprint density at radius 2 is 2.00 bits per heavy atom. The minimum atomic E-state index is 0.629. The van der Waals surface area contributed by atoms with Crippen LogP contribution in [0.3, 0.4) is 0 Å². The number of rotatable bonds is 1. The van der Waals surface area contributed by atoms with Gasteiger partial charge >= 0.3 is 0 Å². The van der Waals surface area contributed by atoms with E-state index in [4.69, 9.17) is 4.99 Å². The molecule has 3 saturated carbocycles.